The number of nitrogens with one attached hydrogen (secondary N) is 1. The predicted octanol–water partition coefficient (Wildman–Crippen LogP) is 1.16. The maximum atomic E-state index is 9.58. The highest BCUT2D eigenvalue weighted by molar-refractivity contribution is 4.84. The molecule has 1 rings (SSSR count). The quantitative estimate of drug-likeness (QED) is 0.701. The Morgan fingerprint density at radius 3 is 2.43 bits per heavy atom. The van der Waals surface area contributed by atoms with E-state index in [2.05, 4.69) is 26.1 Å². The summed E-state index contributed by atoms with van der Waals surface area (Å²) in [7, 11) is 0. The van der Waals surface area contributed by atoms with Crippen LogP contribution in [-0.2, 0) is 4.74 Å². The largest absolute Gasteiger partial charge is 0.389 e. The van der Waals surface area contributed by atoms with Crippen molar-refractivity contribution in [3.8, 4) is 0 Å². The lowest BCUT2D eigenvalue weighted by atomic mass is 9.94. The highest BCUT2D eigenvalue weighted by Gasteiger charge is 2.28. The topological polar surface area (TPSA) is 41.5 Å². The fraction of sp³-hybridized carbons (Fsp3) is 1.00. The summed E-state index contributed by atoms with van der Waals surface area (Å²) in [6, 6.07) is 0.594. The van der Waals surface area contributed by atoms with Gasteiger partial charge in [-0.25, -0.2) is 0 Å². The first kappa shape index (κ1) is 12.0. The van der Waals surface area contributed by atoms with Gasteiger partial charge in [0.05, 0.1) is 25.4 Å². The van der Waals surface area contributed by atoms with E-state index in [-0.39, 0.29) is 12.1 Å². The first-order valence-corrected chi connectivity index (χ1v) is 5.70. The summed E-state index contributed by atoms with van der Waals surface area (Å²) in [5.41, 5.74) is 0. The van der Waals surface area contributed by atoms with E-state index in [0.29, 0.717) is 25.2 Å². The molecule has 84 valence electrons. The molecular formula is C11H23NO2. The lowest BCUT2D eigenvalue weighted by Gasteiger charge is -2.26. The molecule has 0 aromatic rings. The van der Waals surface area contributed by atoms with Gasteiger partial charge in [-0.15, -0.1) is 0 Å². The molecule has 0 amide bonds. The lowest BCUT2D eigenvalue weighted by molar-refractivity contribution is 0.120. The standard InChI is InChI=1S/C11H23NO2/c1-4-9(5-2)8(3)12-10-6-14-7-11(10)13/h8-13H,4-7H2,1-3H3. The van der Waals surface area contributed by atoms with Crippen LogP contribution in [0.15, 0.2) is 0 Å². The minimum absolute atomic E-state index is 0.130. The van der Waals surface area contributed by atoms with Gasteiger partial charge in [0.2, 0.25) is 0 Å². The van der Waals surface area contributed by atoms with Crippen LogP contribution in [0.1, 0.15) is 33.6 Å². The average Bonchev–Trinajstić information content (AvgIpc) is 2.54. The van der Waals surface area contributed by atoms with Gasteiger partial charge in [0.1, 0.15) is 0 Å². The third-order valence-corrected chi connectivity index (χ3v) is 3.28. The Labute approximate surface area is 86.8 Å². The Morgan fingerprint density at radius 2 is 2.00 bits per heavy atom. The highest BCUT2D eigenvalue weighted by Crippen LogP contribution is 2.15. The van der Waals surface area contributed by atoms with E-state index in [4.69, 9.17) is 4.74 Å². The number of hydrogen-bond acceptors (Lipinski definition) is 3. The summed E-state index contributed by atoms with van der Waals surface area (Å²) < 4.78 is 5.20. The van der Waals surface area contributed by atoms with Gasteiger partial charge >= 0.3 is 0 Å². The smallest absolute Gasteiger partial charge is 0.0948 e. The molecule has 14 heavy (non-hydrogen) atoms. The number of aliphatic hydroxyl groups is 1. The van der Waals surface area contributed by atoms with E-state index in [9.17, 15) is 5.11 Å². The molecule has 0 aromatic carbocycles. The molecule has 0 bridgehead atoms. The average molecular weight is 201 g/mol. The van der Waals surface area contributed by atoms with Crippen LogP contribution in [-0.4, -0.2) is 36.5 Å². The monoisotopic (exact) mass is 201 g/mol. The molecule has 1 aliphatic heterocycles. The van der Waals surface area contributed by atoms with Crippen LogP contribution in [0.3, 0.4) is 0 Å². The van der Waals surface area contributed by atoms with Crippen LogP contribution >= 0.6 is 0 Å². The zero-order valence-electron chi connectivity index (χ0n) is 9.49. The zero-order valence-corrected chi connectivity index (χ0v) is 9.49. The predicted molar refractivity (Wildman–Crippen MR) is 57.3 cm³/mol. The second kappa shape index (κ2) is 5.69. The molecule has 0 aliphatic carbocycles. The summed E-state index contributed by atoms with van der Waals surface area (Å²) >= 11 is 0. The van der Waals surface area contributed by atoms with Gasteiger partial charge in [-0.1, -0.05) is 26.7 Å². The Morgan fingerprint density at radius 1 is 1.36 bits per heavy atom. The van der Waals surface area contributed by atoms with E-state index < -0.39 is 0 Å². The Hall–Kier alpha value is -0.120. The first-order chi connectivity index (χ1) is 6.69. The first-order valence-electron chi connectivity index (χ1n) is 5.70. The second-order valence-electron chi connectivity index (χ2n) is 4.24. The molecule has 0 aromatic heterocycles. The van der Waals surface area contributed by atoms with Gasteiger partial charge in [0.15, 0.2) is 0 Å². The fourth-order valence-corrected chi connectivity index (χ4v) is 2.17. The van der Waals surface area contributed by atoms with Crippen molar-refractivity contribution in [1.82, 2.24) is 5.32 Å². The molecule has 3 atom stereocenters. The van der Waals surface area contributed by atoms with Crippen LogP contribution in [0, 0.1) is 5.92 Å². The molecule has 1 heterocycles. The summed E-state index contributed by atoms with van der Waals surface area (Å²) in [4.78, 5) is 0. The minimum Gasteiger partial charge on any atom is -0.389 e. The second-order valence-corrected chi connectivity index (χ2v) is 4.24. The minimum atomic E-state index is -0.327. The summed E-state index contributed by atoms with van der Waals surface area (Å²) in [6.07, 6.45) is 2.05. The van der Waals surface area contributed by atoms with Crippen molar-refractivity contribution in [2.75, 3.05) is 13.2 Å². The van der Waals surface area contributed by atoms with Gasteiger partial charge in [-0.3, -0.25) is 0 Å². The van der Waals surface area contributed by atoms with Crippen LogP contribution in [0.25, 0.3) is 0 Å². The number of ether oxygens (including phenoxy) is 1. The molecule has 0 radical (unpaired) electrons. The molecule has 3 unspecified atom stereocenters. The van der Waals surface area contributed by atoms with Gasteiger partial charge in [0, 0.05) is 6.04 Å². The Kier molecular flexibility index (Phi) is 4.85. The van der Waals surface area contributed by atoms with Crippen molar-refractivity contribution in [2.45, 2.75) is 51.8 Å². The highest BCUT2D eigenvalue weighted by atomic mass is 16.5. The van der Waals surface area contributed by atoms with E-state index in [0.717, 1.165) is 0 Å². The van der Waals surface area contributed by atoms with Crippen molar-refractivity contribution < 1.29 is 9.84 Å². The van der Waals surface area contributed by atoms with Crippen LogP contribution in [0.5, 0.6) is 0 Å². The lowest BCUT2D eigenvalue weighted by Crippen LogP contribution is -2.46. The number of hydrogen-bond donors (Lipinski definition) is 2. The molecule has 2 N–H and O–H groups in total. The SMILES string of the molecule is CCC(CC)C(C)NC1COCC1O. The van der Waals surface area contributed by atoms with Crippen LogP contribution in [0.2, 0.25) is 0 Å². The normalized spacial score (nSPS) is 29.8. The zero-order chi connectivity index (χ0) is 10.6. The van der Waals surface area contributed by atoms with Crippen LogP contribution < -0.4 is 5.32 Å². The summed E-state index contributed by atoms with van der Waals surface area (Å²) in [5, 5.41) is 13.0. The molecular weight excluding hydrogens is 178 g/mol. The van der Waals surface area contributed by atoms with E-state index in [1.165, 1.54) is 12.8 Å². The van der Waals surface area contributed by atoms with E-state index in [1.807, 2.05) is 0 Å². The maximum Gasteiger partial charge on any atom is 0.0948 e. The van der Waals surface area contributed by atoms with Gasteiger partial charge in [0.25, 0.3) is 0 Å². The third-order valence-electron chi connectivity index (χ3n) is 3.28. The van der Waals surface area contributed by atoms with Crippen molar-refractivity contribution in [1.29, 1.82) is 0 Å². The Bertz CT molecular complexity index is 159. The molecule has 3 nitrogen and oxygen atoms in total. The number of rotatable bonds is 5. The van der Waals surface area contributed by atoms with E-state index >= 15 is 0 Å². The molecule has 1 aliphatic rings. The maximum absolute atomic E-state index is 9.58. The third kappa shape index (κ3) is 2.94. The van der Waals surface area contributed by atoms with Crippen LogP contribution in [0.4, 0.5) is 0 Å². The van der Waals surface area contributed by atoms with Gasteiger partial charge in [-0.05, 0) is 12.8 Å². The van der Waals surface area contributed by atoms with E-state index in [1.54, 1.807) is 0 Å². The molecule has 1 fully saturated rings. The summed E-state index contributed by atoms with van der Waals surface area (Å²) in [5.74, 6) is 0.697. The molecule has 0 spiro atoms. The Balaban J connectivity index is 2.34. The van der Waals surface area contributed by atoms with Gasteiger partial charge in [-0.2, -0.15) is 0 Å². The van der Waals surface area contributed by atoms with Crippen molar-refractivity contribution in [2.24, 2.45) is 5.92 Å². The van der Waals surface area contributed by atoms with Crippen molar-refractivity contribution in [3.05, 3.63) is 0 Å². The summed E-state index contributed by atoms with van der Waals surface area (Å²) in [6.45, 7) is 7.75. The fourth-order valence-electron chi connectivity index (χ4n) is 2.17. The molecule has 3 heteroatoms. The van der Waals surface area contributed by atoms with Crippen molar-refractivity contribution >= 4 is 0 Å². The molecule has 0 saturated carbocycles. The van der Waals surface area contributed by atoms with Gasteiger partial charge < -0.3 is 15.2 Å². The van der Waals surface area contributed by atoms with Crippen molar-refractivity contribution in [3.63, 3.8) is 0 Å². The molecule has 1 saturated heterocycles. The number of aliphatic hydroxyl groups excluding tert-OH is 1.